The molecule has 0 atom stereocenters. The lowest BCUT2D eigenvalue weighted by atomic mass is 10.0. The van der Waals surface area contributed by atoms with E-state index in [-0.39, 0.29) is 0 Å². The first-order valence-corrected chi connectivity index (χ1v) is 9.43. The third-order valence-electron chi connectivity index (χ3n) is 4.30. The number of hydrogen-bond donors (Lipinski definition) is 0. The maximum absolute atomic E-state index is 4.54. The maximum Gasteiger partial charge on any atom is 0.0812 e. The van der Waals surface area contributed by atoms with Crippen molar-refractivity contribution in [3.05, 3.63) is 120 Å². The van der Waals surface area contributed by atoms with Gasteiger partial charge in [-0.25, -0.2) is 0 Å². The van der Waals surface area contributed by atoms with Crippen molar-refractivity contribution in [1.29, 1.82) is 0 Å². The van der Waals surface area contributed by atoms with Crippen LogP contribution in [0.15, 0.2) is 107 Å². The lowest BCUT2D eigenvalue weighted by Gasteiger charge is -2.04. The van der Waals surface area contributed by atoms with Crippen LogP contribution in [0.1, 0.15) is 22.5 Å². The molecule has 0 fully saturated rings. The van der Waals surface area contributed by atoms with Gasteiger partial charge in [0.15, 0.2) is 0 Å². The second kappa shape index (κ2) is 9.33. The van der Waals surface area contributed by atoms with Crippen LogP contribution < -0.4 is 0 Å². The highest BCUT2D eigenvalue weighted by Gasteiger charge is 2.00. The van der Waals surface area contributed by atoms with Gasteiger partial charge in [-0.2, -0.15) is 0 Å². The van der Waals surface area contributed by atoms with E-state index in [9.17, 15) is 0 Å². The van der Waals surface area contributed by atoms with Gasteiger partial charge in [-0.1, -0.05) is 36.4 Å². The Labute approximate surface area is 170 Å². The van der Waals surface area contributed by atoms with Gasteiger partial charge in [0, 0.05) is 12.4 Å². The average Bonchev–Trinajstić information content (AvgIpc) is 2.78. The van der Waals surface area contributed by atoms with Crippen LogP contribution >= 0.6 is 0 Å². The van der Waals surface area contributed by atoms with Crippen molar-refractivity contribution >= 4 is 23.8 Å². The summed E-state index contributed by atoms with van der Waals surface area (Å²) in [5.74, 6) is 0. The summed E-state index contributed by atoms with van der Waals surface area (Å²) in [5, 5.41) is 0. The molecular formula is C25H20N4. The first-order chi connectivity index (χ1) is 14.3. The Morgan fingerprint density at radius 3 is 1.55 bits per heavy atom. The monoisotopic (exact) mass is 376 g/mol. The van der Waals surface area contributed by atoms with Gasteiger partial charge in [-0.05, 0) is 66.1 Å². The molecule has 0 radical (unpaired) electrons. The molecule has 4 nitrogen and oxygen atoms in total. The molecule has 0 aliphatic carbocycles. The lowest BCUT2D eigenvalue weighted by Crippen LogP contribution is -1.88. The quantitative estimate of drug-likeness (QED) is 0.413. The van der Waals surface area contributed by atoms with Gasteiger partial charge in [0.05, 0.1) is 35.2 Å². The first kappa shape index (κ1) is 18.4. The molecule has 4 rings (SSSR count). The summed E-state index contributed by atoms with van der Waals surface area (Å²) >= 11 is 0. The van der Waals surface area contributed by atoms with Gasteiger partial charge in [0.1, 0.15) is 0 Å². The standard InChI is InChI=1S/C25H20N4/c1-3-13-26-24(9-1)18-28-22-11-5-7-20(16-22)15-21-8-6-12-23(17-21)29-19-25-10-2-4-14-27-25/h1-14,16-19H,15H2. The summed E-state index contributed by atoms with van der Waals surface area (Å²) in [4.78, 5) is 17.6. The van der Waals surface area contributed by atoms with Gasteiger partial charge in [0.2, 0.25) is 0 Å². The molecule has 0 bridgehead atoms. The molecule has 0 aliphatic rings. The van der Waals surface area contributed by atoms with Crippen LogP contribution in [0.3, 0.4) is 0 Å². The summed E-state index contributed by atoms with van der Waals surface area (Å²) < 4.78 is 0. The van der Waals surface area contributed by atoms with Gasteiger partial charge in [-0.15, -0.1) is 0 Å². The van der Waals surface area contributed by atoms with E-state index in [0.29, 0.717) is 0 Å². The fraction of sp³-hybridized carbons (Fsp3) is 0.0400. The summed E-state index contributed by atoms with van der Waals surface area (Å²) in [6.07, 6.45) is 7.92. The van der Waals surface area contributed by atoms with Gasteiger partial charge in [0.25, 0.3) is 0 Å². The molecule has 0 saturated carbocycles. The van der Waals surface area contributed by atoms with Gasteiger partial charge < -0.3 is 0 Å². The Hall–Kier alpha value is -3.92. The van der Waals surface area contributed by atoms with Crippen LogP contribution in [0, 0.1) is 0 Å². The lowest BCUT2D eigenvalue weighted by molar-refractivity contribution is 1.19. The third-order valence-corrected chi connectivity index (χ3v) is 4.30. The molecule has 2 heterocycles. The highest BCUT2D eigenvalue weighted by Crippen LogP contribution is 2.20. The van der Waals surface area contributed by atoms with Gasteiger partial charge in [-0.3, -0.25) is 20.0 Å². The summed E-state index contributed by atoms with van der Waals surface area (Å²) in [7, 11) is 0. The minimum atomic E-state index is 0.819. The summed E-state index contributed by atoms with van der Waals surface area (Å²) in [6.45, 7) is 0. The minimum absolute atomic E-state index is 0.819. The molecule has 0 aliphatic heterocycles. The molecule has 0 amide bonds. The first-order valence-electron chi connectivity index (χ1n) is 9.43. The third kappa shape index (κ3) is 5.53. The highest BCUT2D eigenvalue weighted by molar-refractivity contribution is 5.80. The van der Waals surface area contributed by atoms with Crippen molar-refractivity contribution in [3.63, 3.8) is 0 Å². The van der Waals surface area contributed by atoms with E-state index in [1.165, 1.54) is 11.1 Å². The van der Waals surface area contributed by atoms with Crippen molar-refractivity contribution in [2.75, 3.05) is 0 Å². The molecule has 4 aromatic rings. The molecule has 2 aromatic heterocycles. The smallest absolute Gasteiger partial charge is 0.0812 e. The van der Waals surface area contributed by atoms with Crippen LogP contribution in [0.5, 0.6) is 0 Å². The van der Waals surface area contributed by atoms with E-state index < -0.39 is 0 Å². The van der Waals surface area contributed by atoms with E-state index in [4.69, 9.17) is 0 Å². The number of pyridine rings is 2. The second-order valence-corrected chi connectivity index (χ2v) is 6.54. The molecule has 140 valence electrons. The minimum Gasteiger partial charge on any atom is -0.255 e. The topological polar surface area (TPSA) is 50.5 Å². The van der Waals surface area contributed by atoms with Crippen molar-refractivity contribution in [1.82, 2.24) is 9.97 Å². The van der Waals surface area contributed by atoms with Crippen molar-refractivity contribution in [2.24, 2.45) is 9.98 Å². The number of nitrogens with zero attached hydrogens (tertiary/aromatic N) is 4. The Morgan fingerprint density at radius 1 is 0.586 bits per heavy atom. The maximum atomic E-state index is 4.54. The van der Waals surface area contributed by atoms with E-state index in [1.807, 2.05) is 60.7 Å². The molecule has 0 unspecified atom stereocenters. The summed E-state index contributed by atoms with van der Waals surface area (Å²) in [5.41, 5.74) is 5.92. The molecule has 29 heavy (non-hydrogen) atoms. The zero-order chi connectivity index (χ0) is 19.7. The fourth-order valence-electron chi connectivity index (χ4n) is 2.92. The highest BCUT2D eigenvalue weighted by atomic mass is 14.8. The van der Waals surface area contributed by atoms with E-state index >= 15 is 0 Å². The molecule has 0 saturated heterocycles. The molecule has 4 heteroatoms. The largest absolute Gasteiger partial charge is 0.255 e. The Balaban J connectivity index is 1.47. The van der Waals surface area contributed by atoms with Crippen LogP contribution in [0.2, 0.25) is 0 Å². The zero-order valence-corrected chi connectivity index (χ0v) is 15.9. The van der Waals surface area contributed by atoms with Crippen LogP contribution in [0.25, 0.3) is 0 Å². The SMILES string of the molecule is C(=Nc1cccc(Cc2cccc(N=Cc3ccccn3)c2)c1)c1ccccn1. The number of aliphatic imine (C=N–C) groups is 2. The predicted molar refractivity (Wildman–Crippen MR) is 119 cm³/mol. The van der Waals surface area contributed by atoms with E-state index in [2.05, 4.69) is 44.2 Å². The van der Waals surface area contributed by atoms with Crippen molar-refractivity contribution in [3.8, 4) is 0 Å². The van der Waals surface area contributed by atoms with Crippen LogP contribution in [0.4, 0.5) is 11.4 Å². The number of rotatable bonds is 6. The molecular weight excluding hydrogens is 356 g/mol. The average molecular weight is 376 g/mol. The molecule has 2 aromatic carbocycles. The zero-order valence-electron chi connectivity index (χ0n) is 15.9. The Morgan fingerprint density at radius 2 is 1.10 bits per heavy atom. The molecule has 0 N–H and O–H groups in total. The number of benzene rings is 2. The second-order valence-electron chi connectivity index (χ2n) is 6.54. The van der Waals surface area contributed by atoms with Crippen molar-refractivity contribution < 1.29 is 0 Å². The van der Waals surface area contributed by atoms with E-state index in [1.54, 1.807) is 24.8 Å². The number of aromatic nitrogens is 2. The summed E-state index contributed by atoms with van der Waals surface area (Å²) in [6, 6.07) is 28.1. The van der Waals surface area contributed by atoms with Gasteiger partial charge >= 0.3 is 0 Å². The Kier molecular flexibility index (Phi) is 5.93. The predicted octanol–water partition coefficient (Wildman–Crippen LogP) is 5.57. The number of hydrogen-bond acceptors (Lipinski definition) is 4. The fourth-order valence-corrected chi connectivity index (χ4v) is 2.92. The normalized spacial score (nSPS) is 11.3. The van der Waals surface area contributed by atoms with Crippen LogP contribution in [-0.4, -0.2) is 22.4 Å². The van der Waals surface area contributed by atoms with Crippen LogP contribution in [-0.2, 0) is 6.42 Å². The molecule has 0 spiro atoms. The van der Waals surface area contributed by atoms with Crippen molar-refractivity contribution in [2.45, 2.75) is 6.42 Å². The Bertz CT molecular complexity index is 1030. The van der Waals surface area contributed by atoms with E-state index in [0.717, 1.165) is 29.2 Å².